The predicted octanol–water partition coefficient (Wildman–Crippen LogP) is 1.78. The zero-order valence-corrected chi connectivity index (χ0v) is 10.5. The zero-order valence-electron chi connectivity index (χ0n) is 9.70. The van der Waals surface area contributed by atoms with Gasteiger partial charge < -0.3 is 5.32 Å². The largest absolute Gasteiger partial charge is 0.347 e. The normalized spacial score (nSPS) is 14.2. The van der Waals surface area contributed by atoms with Gasteiger partial charge in [0, 0.05) is 4.88 Å². The highest BCUT2D eigenvalue weighted by Crippen LogP contribution is 2.18. The van der Waals surface area contributed by atoms with Crippen LogP contribution >= 0.6 is 11.3 Å². The number of amides is 1. The van der Waals surface area contributed by atoms with Crippen molar-refractivity contribution in [2.45, 2.75) is 25.9 Å². The molecule has 0 saturated carbocycles. The first-order chi connectivity index (χ1) is 8.18. The Labute approximate surface area is 103 Å². The summed E-state index contributed by atoms with van der Waals surface area (Å²) in [4.78, 5) is 16.9. The van der Waals surface area contributed by atoms with Crippen molar-refractivity contribution in [3.05, 3.63) is 35.0 Å². The van der Waals surface area contributed by atoms with Crippen molar-refractivity contribution in [3.63, 3.8) is 0 Å². The van der Waals surface area contributed by atoms with Crippen molar-refractivity contribution < 1.29 is 4.79 Å². The van der Waals surface area contributed by atoms with Crippen LogP contribution in [0.15, 0.2) is 30.2 Å². The number of nitrogens with one attached hydrogen (secondary N) is 1. The zero-order chi connectivity index (χ0) is 12.3. The Morgan fingerprint density at radius 3 is 2.94 bits per heavy atom. The van der Waals surface area contributed by atoms with Crippen molar-refractivity contribution in [1.29, 1.82) is 0 Å². The van der Waals surface area contributed by atoms with E-state index in [0.717, 1.165) is 4.88 Å². The van der Waals surface area contributed by atoms with Gasteiger partial charge in [-0.2, -0.15) is 5.10 Å². The van der Waals surface area contributed by atoms with Crippen LogP contribution in [-0.4, -0.2) is 20.7 Å². The van der Waals surface area contributed by atoms with Gasteiger partial charge >= 0.3 is 0 Å². The van der Waals surface area contributed by atoms with Gasteiger partial charge in [-0.05, 0) is 25.3 Å². The average Bonchev–Trinajstić information content (AvgIpc) is 3.00. The summed E-state index contributed by atoms with van der Waals surface area (Å²) in [6, 6.07) is 3.66. The van der Waals surface area contributed by atoms with Crippen LogP contribution in [0.5, 0.6) is 0 Å². The van der Waals surface area contributed by atoms with Crippen LogP contribution in [0.3, 0.4) is 0 Å². The molecule has 17 heavy (non-hydrogen) atoms. The van der Waals surface area contributed by atoms with Crippen LogP contribution in [0.4, 0.5) is 0 Å². The van der Waals surface area contributed by atoms with Gasteiger partial charge in [0.15, 0.2) is 0 Å². The van der Waals surface area contributed by atoms with Gasteiger partial charge in [-0.25, -0.2) is 9.67 Å². The fourth-order valence-corrected chi connectivity index (χ4v) is 2.21. The Kier molecular flexibility index (Phi) is 3.53. The number of nitrogens with zero attached hydrogens (tertiary/aromatic N) is 3. The number of hydrogen-bond acceptors (Lipinski definition) is 4. The van der Waals surface area contributed by atoms with Gasteiger partial charge in [0.05, 0.1) is 6.04 Å². The molecule has 0 aliphatic heterocycles. The van der Waals surface area contributed by atoms with Crippen molar-refractivity contribution >= 4 is 17.2 Å². The van der Waals surface area contributed by atoms with E-state index in [2.05, 4.69) is 15.4 Å². The van der Waals surface area contributed by atoms with Crippen molar-refractivity contribution in [2.75, 3.05) is 0 Å². The summed E-state index contributed by atoms with van der Waals surface area (Å²) in [5, 5.41) is 8.91. The third-order valence-electron chi connectivity index (χ3n) is 2.54. The van der Waals surface area contributed by atoms with Crippen LogP contribution in [0.25, 0.3) is 0 Å². The number of aromatic nitrogens is 3. The minimum atomic E-state index is -0.347. The standard InChI is InChI=1S/C11H14N4OS/c1-8(10-4-3-5-17-10)14-11(16)9(2)15-7-12-6-13-15/h3-9H,1-2H3,(H,14,16)/t8-,9-/m1/s1. The number of carbonyl (C=O) groups excluding carboxylic acids is 1. The quantitative estimate of drug-likeness (QED) is 0.899. The Balaban J connectivity index is 1.98. The molecule has 2 heterocycles. The van der Waals surface area contributed by atoms with Crippen LogP contribution in [0.2, 0.25) is 0 Å². The maximum atomic E-state index is 12.0. The van der Waals surface area contributed by atoms with Crippen molar-refractivity contribution in [3.8, 4) is 0 Å². The van der Waals surface area contributed by atoms with Crippen LogP contribution in [0, 0.1) is 0 Å². The Morgan fingerprint density at radius 2 is 2.35 bits per heavy atom. The molecule has 0 aliphatic carbocycles. The number of hydrogen-bond donors (Lipinski definition) is 1. The topological polar surface area (TPSA) is 59.8 Å². The molecule has 5 nitrogen and oxygen atoms in total. The molecular weight excluding hydrogens is 236 g/mol. The lowest BCUT2D eigenvalue weighted by Gasteiger charge is -2.16. The fraction of sp³-hybridized carbons (Fsp3) is 0.364. The third-order valence-corrected chi connectivity index (χ3v) is 3.60. The maximum Gasteiger partial charge on any atom is 0.245 e. The molecule has 1 amide bonds. The summed E-state index contributed by atoms with van der Waals surface area (Å²) >= 11 is 1.63. The van der Waals surface area contributed by atoms with E-state index < -0.39 is 0 Å². The highest BCUT2D eigenvalue weighted by Gasteiger charge is 2.18. The lowest BCUT2D eigenvalue weighted by molar-refractivity contribution is -0.124. The molecular formula is C11H14N4OS. The minimum absolute atomic E-state index is 0.0217. The molecule has 0 aromatic carbocycles. The Hall–Kier alpha value is -1.69. The molecule has 0 bridgehead atoms. The van der Waals surface area contributed by atoms with E-state index >= 15 is 0 Å². The average molecular weight is 250 g/mol. The van der Waals surface area contributed by atoms with Gasteiger partial charge in [-0.3, -0.25) is 4.79 Å². The second-order valence-corrected chi connectivity index (χ2v) is 4.78. The van der Waals surface area contributed by atoms with E-state index in [1.165, 1.54) is 11.0 Å². The maximum absolute atomic E-state index is 12.0. The first-order valence-electron chi connectivity index (χ1n) is 5.36. The second-order valence-electron chi connectivity index (χ2n) is 3.80. The minimum Gasteiger partial charge on any atom is -0.347 e. The molecule has 2 aromatic rings. The summed E-state index contributed by atoms with van der Waals surface area (Å²) in [7, 11) is 0. The monoisotopic (exact) mass is 250 g/mol. The van der Waals surface area contributed by atoms with Gasteiger partial charge in [0.2, 0.25) is 5.91 Å². The molecule has 0 spiro atoms. The van der Waals surface area contributed by atoms with E-state index in [-0.39, 0.29) is 18.0 Å². The molecule has 6 heteroatoms. The first-order valence-corrected chi connectivity index (χ1v) is 6.24. The molecule has 2 atom stereocenters. The molecule has 1 N–H and O–H groups in total. The van der Waals surface area contributed by atoms with Crippen molar-refractivity contribution in [2.24, 2.45) is 0 Å². The summed E-state index contributed by atoms with van der Waals surface area (Å²) in [5.74, 6) is -0.0589. The summed E-state index contributed by atoms with van der Waals surface area (Å²) in [5.41, 5.74) is 0. The molecule has 0 radical (unpaired) electrons. The molecule has 2 rings (SSSR count). The number of carbonyl (C=O) groups is 1. The molecule has 0 aliphatic rings. The highest BCUT2D eigenvalue weighted by atomic mass is 32.1. The first kappa shape index (κ1) is 11.8. The number of thiophene rings is 1. The second kappa shape index (κ2) is 5.09. The van der Waals surface area contributed by atoms with Gasteiger partial charge in [0.1, 0.15) is 18.7 Å². The predicted molar refractivity (Wildman–Crippen MR) is 65.6 cm³/mol. The van der Waals surface area contributed by atoms with Gasteiger partial charge in [0.25, 0.3) is 0 Å². The number of rotatable bonds is 4. The van der Waals surface area contributed by atoms with E-state index in [9.17, 15) is 4.79 Å². The van der Waals surface area contributed by atoms with Crippen molar-refractivity contribution in [1.82, 2.24) is 20.1 Å². The molecule has 90 valence electrons. The Morgan fingerprint density at radius 1 is 1.53 bits per heavy atom. The smallest absolute Gasteiger partial charge is 0.245 e. The van der Waals surface area contributed by atoms with Crippen LogP contribution in [0.1, 0.15) is 30.8 Å². The molecule has 0 unspecified atom stereocenters. The van der Waals surface area contributed by atoms with Crippen LogP contribution in [-0.2, 0) is 4.79 Å². The van der Waals surface area contributed by atoms with Gasteiger partial charge in [-0.15, -0.1) is 11.3 Å². The lowest BCUT2D eigenvalue weighted by Crippen LogP contribution is -2.32. The van der Waals surface area contributed by atoms with Crippen LogP contribution < -0.4 is 5.32 Å². The highest BCUT2D eigenvalue weighted by molar-refractivity contribution is 7.10. The Bertz CT molecular complexity index is 466. The van der Waals surface area contributed by atoms with E-state index in [1.54, 1.807) is 24.6 Å². The van der Waals surface area contributed by atoms with E-state index in [4.69, 9.17) is 0 Å². The molecule has 2 aromatic heterocycles. The fourth-order valence-electron chi connectivity index (χ4n) is 1.48. The molecule has 0 fully saturated rings. The van der Waals surface area contributed by atoms with Gasteiger partial charge in [-0.1, -0.05) is 6.07 Å². The third kappa shape index (κ3) is 2.71. The SMILES string of the molecule is C[C@H](C(=O)N[C@H](C)c1cccs1)n1cncn1. The summed E-state index contributed by atoms with van der Waals surface area (Å²) in [6.07, 6.45) is 2.96. The van der Waals surface area contributed by atoms with E-state index in [1.807, 2.05) is 24.4 Å². The lowest BCUT2D eigenvalue weighted by atomic mass is 10.2. The van der Waals surface area contributed by atoms with E-state index in [0.29, 0.717) is 0 Å². The summed E-state index contributed by atoms with van der Waals surface area (Å²) in [6.45, 7) is 3.77. The molecule has 0 saturated heterocycles. The summed E-state index contributed by atoms with van der Waals surface area (Å²) < 4.78 is 1.54.